The van der Waals surface area contributed by atoms with Crippen LogP contribution in [0.2, 0.25) is 0 Å². The summed E-state index contributed by atoms with van der Waals surface area (Å²) in [5.74, 6) is 1.30. The summed E-state index contributed by atoms with van der Waals surface area (Å²) in [6.07, 6.45) is 7.11. The van der Waals surface area contributed by atoms with Gasteiger partial charge >= 0.3 is 0 Å². The van der Waals surface area contributed by atoms with E-state index in [9.17, 15) is 20.4 Å². The fourth-order valence-electron chi connectivity index (χ4n) is 9.55. The van der Waals surface area contributed by atoms with E-state index in [0.717, 1.165) is 24.8 Å². The first kappa shape index (κ1) is 25.4. The molecule has 0 aromatic rings. The molecule has 188 valence electrons. The molecular weight excluding hydrogens is 412 g/mol. The average Bonchev–Trinajstić information content (AvgIpc) is 3.06. The smallest absolute Gasteiger partial charge is 0.0827 e. The van der Waals surface area contributed by atoms with Gasteiger partial charge in [-0.3, -0.25) is 0 Å². The van der Waals surface area contributed by atoms with Gasteiger partial charge in [-0.25, -0.2) is 0 Å². The monoisotopic (exact) mass is 460 g/mol. The lowest BCUT2D eigenvalue weighted by Gasteiger charge is -2.67. The van der Waals surface area contributed by atoms with Gasteiger partial charge in [-0.15, -0.1) is 0 Å². The molecule has 0 radical (unpaired) electrons. The summed E-state index contributed by atoms with van der Waals surface area (Å²) in [6, 6.07) is 0. The van der Waals surface area contributed by atoms with Gasteiger partial charge in [0.2, 0.25) is 0 Å². The minimum Gasteiger partial charge on any atom is -0.393 e. The van der Waals surface area contributed by atoms with Crippen molar-refractivity contribution in [3.8, 4) is 0 Å². The van der Waals surface area contributed by atoms with E-state index >= 15 is 0 Å². The molecule has 4 N–H and O–H groups in total. The Morgan fingerprint density at radius 3 is 2.24 bits per heavy atom. The van der Waals surface area contributed by atoms with Gasteiger partial charge < -0.3 is 20.4 Å². The molecule has 0 bridgehead atoms. The van der Waals surface area contributed by atoms with Gasteiger partial charge in [0, 0.05) is 5.92 Å². The van der Waals surface area contributed by atoms with Crippen LogP contribution < -0.4 is 0 Å². The molecule has 4 rings (SSSR count). The number of hydrogen-bond donors (Lipinski definition) is 4. The predicted octanol–water partition coefficient (Wildman–Crippen LogP) is 4.71. The van der Waals surface area contributed by atoms with Gasteiger partial charge in [-0.05, 0) is 84.9 Å². The number of fused-ring (bicyclic) bond motifs is 5. The second-order valence-electron chi connectivity index (χ2n) is 13.2. The summed E-state index contributed by atoms with van der Waals surface area (Å²) in [5, 5.41) is 45.3. The predicted molar refractivity (Wildman–Crippen MR) is 132 cm³/mol. The molecule has 4 aliphatic rings. The van der Waals surface area contributed by atoms with Crippen molar-refractivity contribution >= 4 is 0 Å². The van der Waals surface area contributed by atoms with Crippen molar-refractivity contribution in [2.75, 3.05) is 0 Å². The number of rotatable bonds is 4. The van der Waals surface area contributed by atoms with Crippen LogP contribution in [0.1, 0.15) is 80.1 Å². The first-order chi connectivity index (χ1) is 15.3. The van der Waals surface area contributed by atoms with Crippen LogP contribution in [0, 0.1) is 52.3 Å². The molecule has 12 atom stereocenters. The maximum absolute atomic E-state index is 12.4. The van der Waals surface area contributed by atoms with Crippen LogP contribution in [0.4, 0.5) is 0 Å². The van der Waals surface area contributed by atoms with Crippen LogP contribution in [0.5, 0.6) is 0 Å². The van der Waals surface area contributed by atoms with E-state index in [0.29, 0.717) is 37.0 Å². The maximum Gasteiger partial charge on any atom is 0.0827 e. The second kappa shape index (κ2) is 8.47. The molecule has 33 heavy (non-hydrogen) atoms. The van der Waals surface area contributed by atoms with Crippen molar-refractivity contribution in [3.05, 3.63) is 24.3 Å². The van der Waals surface area contributed by atoms with Crippen LogP contribution in [-0.2, 0) is 0 Å². The summed E-state index contributed by atoms with van der Waals surface area (Å²) >= 11 is 0. The molecule has 0 amide bonds. The van der Waals surface area contributed by atoms with Gasteiger partial charge in [-0.1, -0.05) is 65.8 Å². The SMILES string of the molecule is C=C(/C=C/[C@@H](C)[C@H]1CC[C@@H]2[C@]1(C)C[C@H](O)C1[C@@]3(C)C[C@@H](O)[C@@H](O)[C@@H](C)[C@@H]3CC[C@]12O)C(C)C. The lowest BCUT2D eigenvalue weighted by Crippen LogP contribution is -2.70. The van der Waals surface area contributed by atoms with Crippen molar-refractivity contribution in [3.63, 3.8) is 0 Å². The van der Waals surface area contributed by atoms with E-state index in [1.807, 2.05) is 6.92 Å². The molecule has 0 aromatic heterocycles. The van der Waals surface area contributed by atoms with Crippen molar-refractivity contribution in [2.45, 2.75) is 104 Å². The van der Waals surface area contributed by atoms with Gasteiger partial charge in [-0.2, -0.15) is 0 Å². The Morgan fingerprint density at radius 2 is 1.61 bits per heavy atom. The molecule has 0 aliphatic heterocycles. The highest BCUT2D eigenvalue weighted by Crippen LogP contribution is 2.70. The molecule has 4 nitrogen and oxygen atoms in total. The Kier molecular flexibility index (Phi) is 6.52. The summed E-state index contributed by atoms with van der Waals surface area (Å²) < 4.78 is 0. The molecule has 4 fully saturated rings. The Labute approximate surface area is 201 Å². The van der Waals surface area contributed by atoms with Crippen LogP contribution in [0.3, 0.4) is 0 Å². The van der Waals surface area contributed by atoms with Gasteiger partial charge in [0.1, 0.15) is 0 Å². The third-order valence-corrected chi connectivity index (χ3v) is 11.2. The summed E-state index contributed by atoms with van der Waals surface area (Å²) in [4.78, 5) is 0. The Morgan fingerprint density at radius 1 is 0.970 bits per heavy atom. The normalized spacial score (nSPS) is 52.9. The summed E-state index contributed by atoms with van der Waals surface area (Å²) in [5.41, 5.74) is -0.263. The first-order valence-corrected chi connectivity index (χ1v) is 13.4. The lowest BCUT2D eigenvalue weighted by molar-refractivity contribution is -0.276. The molecular formula is C29H48O4. The lowest BCUT2D eigenvalue weighted by atomic mass is 9.40. The number of hydrogen-bond acceptors (Lipinski definition) is 4. The van der Waals surface area contributed by atoms with E-state index in [4.69, 9.17) is 0 Å². The largest absolute Gasteiger partial charge is 0.393 e. The molecule has 0 aromatic carbocycles. The second-order valence-corrected chi connectivity index (χ2v) is 13.2. The summed E-state index contributed by atoms with van der Waals surface area (Å²) in [6.45, 7) is 17.3. The molecule has 4 saturated carbocycles. The molecule has 0 heterocycles. The molecule has 4 heteroatoms. The molecule has 0 spiro atoms. The molecule has 4 aliphatic carbocycles. The zero-order chi connectivity index (χ0) is 24.5. The van der Waals surface area contributed by atoms with Crippen molar-refractivity contribution in [1.82, 2.24) is 0 Å². The van der Waals surface area contributed by atoms with E-state index in [2.05, 4.69) is 53.3 Å². The topological polar surface area (TPSA) is 80.9 Å². The van der Waals surface area contributed by atoms with E-state index in [1.165, 1.54) is 0 Å². The Balaban J connectivity index is 1.64. The zero-order valence-corrected chi connectivity index (χ0v) is 21.7. The highest BCUT2D eigenvalue weighted by atomic mass is 16.3. The minimum atomic E-state index is -0.918. The highest BCUT2D eigenvalue weighted by Gasteiger charge is 2.70. The van der Waals surface area contributed by atoms with Crippen molar-refractivity contribution in [2.24, 2.45) is 52.3 Å². The number of allylic oxidation sites excluding steroid dienone is 3. The highest BCUT2D eigenvalue weighted by molar-refractivity contribution is 5.22. The third-order valence-electron chi connectivity index (χ3n) is 11.2. The van der Waals surface area contributed by atoms with Crippen LogP contribution >= 0.6 is 0 Å². The molecule has 0 saturated heterocycles. The molecule has 1 unspecified atom stereocenters. The zero-order valence-electron chi connectivity index (χ0n) is 21.7. The maximum atomic E-state index is 12.4. The van der Waals surface area contributed by atoms with Gasteiger partial charge in [0.05, 0.1) is 23.9 Å². The van der Waals surface area contributed by atoms with Gasteiger partial charge in [0.25, 0.3) is 0 Å². The fraction of sp³-hybridized carbons (Fsp3) is 0.862. The third kappa shape index (κ3) is 3.70. The van der Waals surface area contributed by atoms with E-state index < -0.39 is 23.9 Å². The summed E-state index contributed by atoms with van der Waals surface area (Å²) in [7, 11) is 0. The minimum absolute atomic E-state index is 0.0284. The van der Waals surface area contributed by atoms with Crippen molar-refractivity contribution in [1.29, 1.82) is 0 Å². The van der Waals surface area contributed by atoms with Crippen molar-refractivity contribution < 1.29 is 20.4 Å². The Bertz CT molecular complexity index is 790. The first-order valence-electron chi connectivity index (χ1n) is 13.4. The fourth-order valence-corrected chi connectivity index (χ4v) is 9.55. The number of aliphatic hydroxyl groups is 4. The standard InChI is InChI=1S/C29H48O4/c1-16(2)17(3)8-9-18(4)20-10-11-24-27(20,6)15-23(31)26-28(7)14-22(30)25(32)19(5)21(28)12-13-29(24,26)33/h8-9,16,18-26,30-33H,3,10-15H2,1-2,4-7H3/b9-8+/t18-,19+,20-,21+,22-,23+,24-,25+,26?,27-,28+,29-/m1/s1. The van der Waals surface area contributed by atoms with E-state index in [1.54, 1.807) is 0 Å². The average molecular weight is 461 g/mol. The van der Waals surface area contributed by atoms with Crippen LogP contribution in [0.25, 0.3) is 0 Å². The van der Waals surface area contributed by atoms with Gasteiger partial charge in [0.15, 0.2) is 0 Å². The number of aliphatic hydroxyl groups excluding tert-OH is 3. The quantitative estimate of drug-likeness (QED) is 0.458. The Hall–Kier alpha value is -0.680. The van der Waals surface area contributed by atoms with Crippen LogP contribution in [0.15, 0.2) is 24.3 Å². The van der Waals surface area contributed by atoms with Crippen LogP contribution in [-0.4, -0.2) is 44.3 Å². The van der Waals surface area contributed by atoms with E-state index in [-0.39, 0.29) is 34.5 Å².